The molecule has 0 saturated carbocycles. The van der Waals surface area contributed by atoms with Gasteiger partial charge >= 0.3 is 0 Å². The van der Waals surface area contributed by atoms with E-state index < -0.39 is 11.3 Å². The fourth-order valence-electron chi connectivity index (χ4n) is 0.441. The molecule has 0 aromatic carbocycles. The van der Waals surface area contributed by atoms with Gasteiger partial charge in [0.15, 0.2) is 0 Å². The zero-order valence-electron chi connectivity index (χ0n) is 6.20. The molecule has 0 rings (SSSR count). The van der Waals surface area contributed by atoms with Crippen molar-refractivity contribution in [1.82, 2.24) is 4.31 Å². The summed E-state index contributed by atoms with van der Waals surface area (Å²) in [7, 11) is 1.29. The molecule has 0 fully saturated rings. The van der Waals surface area contributed by atoms with E-state index in [1.54, 1.807) is 13.8 Å². The predicted octanol–water partition coefficient (Wildman–Crippen LogP) is 0.238. The largest absolute Gasteiger partial charge is 0.289 e. The molecule has 0 heterocycles. The first kappa shape index (κ1) is 9.58. The van der Waals surface area contributed by atoms with Crippen LogP contribution in [-0.4, -0.2) is 26.0 Å². The van der Waals surface area contributed by atoms with Crippen molar-refractivity contribution in [2.24, 2.45) is 5.92 Å². The van der Waals surface area contributed by atoms with Crippen molar-refractivity contribution in [2.45, 2.75) is 13.8 Å². The maximum Gasteiger partial charge on any atom is 0.263 e. The summed E-state index contributed by atoms with van der Waals surface area (Å²) in [5.41, 5.74) is 0. The van der Waals surface area contributed by atoms with Crippen molar-refractivity contribution in [3.05, 3.63) is 0 Å². The molecule has 0 aromatic rings. The minimum absolute atomic E-state index is 0.235. The molecule has 0 aromatic heterocycles. The Bertz CT molecular complexity index is 157. The van der Waals surface area contributed by atoms with E-state index in [9.17, 15) is 9.00 Å². The molecule has 1 N–H and O–H groups in total. The summed E-state index contributed by atoms with van der Waals surface area (Å²) in [6.45, 7) is 3.34. The molecule has 60 valence electrons. The number of nitrogens with zero attached hydrogens (tertiary/aromatic N) is 1. The molecule has 0 radical (unpaired) electrons. The van der Waals surface area contributed by atoms with Crippen molar-refractivity contribution in [3.63, 3.8) is 0 Å². The minimum Gasteiger partial charge on any atom is -0.289 e. The second-order valence-corrected chi connectivity index (χ2v) is 3.23. The van der Waals surface area contributed by atoms with E-state index in [-0.39, 0.29) is 11.8 Å². The lowest BCUT2D eigenvalue weighted by molar-refractivity contribution is -0.128. The lowest BCUT2D eigenvalue weighted by Gasteiger charge is -2.13. The van der Waals surface area contributed by atoms with Crippen LogP contribution in [0.25, 0.3) is 0 Å². The third-order valence-electron chi connectivity index (χ3n) is 1.04. The van der Waals surface area contributed by atoms with Gasteiger partial charge in [0, 0.05) is 13.0 Å². The average Bonchev–Trinajstić information content (AvgIpc) is 1.84. The van der Waals surface area contributed by atoms with E-state index in [1.807, 2.05) is 0 Å². The van der Waals surface area contributed by atoms with Gasteiger partial charge in [-0.25, -0.2) is 8.51 Å². The summed E-state index contributed by atoms with van der Waals surface area (Å²) in [5, 5.41) is 0. The summed E-state index contributed by atoms with van der Waals surface area (Å²) >= 11 is -2.18. The highest BCUT2D eigenvalue weighted by atomic mass is 32.2. The molecule has 0 aliphatic heterocycles. The number of carbonyl (C=O) groups excluding carboxylic acids is 1. The highest BCUT2D eigenvalue weighted by Gasteiger charge is 2.16. The van der Waals surface area contributed by atoms with E-state index in [1.165, 1.54) is 7.05 Å². The minimum atomic E-state index is -2.18. The van der Waals surface area contributed by atoms with E-state index in [0.717, 1.165) is 4.31 Å². The number of hydrogen-bond donors (Lipinski definition) is 1. The Kier molecular flexibility index (Phi) is 3.52. The zero-order valence-corrected chi connectivity index (χ0v) is 7.01. The van der Waals surface area contributed by atoms with Crippen LogP contribution in [0.3, 0.4) is 0 Å². The van der Waals surface area contributed by atoms with Gasteiger partial charge in [-0.1, -0.05) is 13.8 Å². The van der Waals surface area contributed by atoms with Gasteiger partial charge in [0.1, 0.15) is 0 Å². The van der Waals surface area contributed by atoms with Gasteiger partial charge in [-0.2, -0.15) is 0 Å². The van der Waals surface area contributed by atoms with Crippen LogP contribution in [0.1, 0.15) is 13.8 Å². The summed E-state index contributed by atoms with van der Waals surface area (Å²) in [6.07, 6.45) is 0. The van der Waals surface area contributed by atoms with Crippen LogP contribution in [-0.2, 0) is 16.1 Å². The van der Waals surface area contributed by atoms with Gasteiger partial charge < -0.3 is 0 Å². The molecule has 0 aliphatic carbocycles. The average molecular weight is 165 g/mol. The zero-order chi connectivity index (χ0) is 8.31. The normalized spacial score (nSPS) is 13.3. The quantitative estimate of drug-likeness (QED) is 0.596. The van der Waals surface area contributed by atoms with Gasteiger partial charge in [0.25, 0.3) is 11.3 Å². The van der Waals surface area contributed by atoms with Crippen molar-refractivity contribution >= 4 is 17.2 Å². The summed E-state index contributed by atoms with van der Waals surface area (Å²) in [5.74, 6) is -0.568. The first-order chi connectivity index (χ1) is 4.46. The molecule has 0 saturated heterocycles. The smallest absolute Gasteiger partial charge is 0.263 e. The van der Waals surface area contributed by atoms with E-state index in [4.69, 9.17) is 4.55 Å². The van der Waals surface area contributed by atoms with Crippen molar-refractivity contribution < 1.29 is 13.6 Å². The Morgan fingerprint density at radius 1 is 1.60 bits per heavy atom. The highest BCUT2D eigenvalue weighted by Crippen LogP contribution is 1.99. The molecule has 10 heavy (non-hydrogen) atoms. The summed E-state index contributed by atoms with van der Waals surface area (Å²) in [4.78, 5) is 10.9. The maximum atomic E-state index is 10.9. The van der Waals surface area contributed by atoms with Gasteiger partial charge in [-0.05, 0) is 0 Å². The number of amides is 1. The van der Waals surface area contributed by atoms with Gasteiger partial charge in [0.05, 0.1) is 0 Å². The number of rotatable bonds is 2. The predicted molar refractivity (Wildman–Crippen MR) is 38.4 cm³/mol. The highest BCUT2D eigenvalue weighted by molar-refractivity contribution is 7.77. The Morgan fingerprint density at radius 3 is 2.10 bits per heavy atom. The number of hydrogen-bond acceptors (Lipinski definition) is 2. The van der Waals surface area contributed by atoms with Gasteiger partial charge in [-0.3, -0.25) is 9.35 Å². The first-order valence-corrected chi connectivity index (χ1v) is 3.91. The molecule has 5 heteroatoms. The van der Waals surface area contributed by atoms with Gasteiger partial charge in [-0.15, -0.1) is 0 Å². The Balaban J connectivity index is 4.08. The fourth-order valence-corrected chi connectivity index (χ4v) is 0.805. The molecule has 1 atom stereocenters. The topological polar surface area (TPSA) is 57.6 Å². The van der Waals surface area contributed by atoms with Crippen LogP contribution in [0.4, 0.5) is 0 Å². The molecule has 0 spiro atoms. The Morgan fingerprint density at radius 2 is 2.00 bits per heavy atom. The van der Waals surface area contributed by atoms with E-state index in [0.29, 0.717) is 0 Å². The van der Waals surface area contributed by atoms with Crippen LogP contribution in [0.15, 0.2) is 0 Å². The van der Waals surface area contributed by atoms with Crippen molar-refractivity contribution in [2.75, 3.05) is 7.05 Å². The second kappa shape index (κ2) is 3.68. The molecule has 0 aliphatic rings. The van der Waals surface area contributed by atoms with Gasteiger partial charge in [0.2, 0.25) is 5.91 Å². The van der Waals surface area contributed by atoms with E-state index >= 15 is 0 Å². The third kappa shape index (κ3) is 2.45. The fraction of sp³-hybridized carbons (Fsp3) is 0.800. The maximum absolute atomic E-state index is 10.9. The lowest BCUT2D eigenvalue weighted by Crippen LogP contribution is -2.31. The summed E-state index contributed by atoms with van der Waals surface area (Å²) < 4.78 is 19.5. The van der Waals surface area contributed by atoms with E-state index in [2.05, 4.69) is 0 Å². The monoisotopic (exact) mass is 165 g/mol. The lowest BCUT2D eigenvalue weighted by atomic mass is 10.2. The molecule has 0 bridgehead atoms. The third-order valence-corrected chi connectivity index (χ3v) is 1.69. The number of carbonyl (C=O) groups is 1. The summed E-state index contributed by atoms with van der Waals surface area (Å²) in [6, 6.07) is 0. The molecule has 1 amide bonds. The standard InChI is InChI=1S/C5H11NO3S/c1-4(2)5(7)6(3)10(8)9/h4H,1-3H3,(H,8,9). The SMILES string of the molecule is CC(C)C(=O)N(C)S(=O)O. The Labute approximate surface area is 62.6 Å². The van der Waals surface area contributed by atoms with Crippen LogP contribution >= 0.6 is 0 Å². The second-order valence-electron chi connectivity index (χ2n) is 2.22. The van der Waals surface area contributed by atoms with Crippen LogP contribution < -0.4 is 0 Å². The first-order valence-electron chi connectivity index (χ1n) is 2.85. The van der Waals surface area contributed by atoms with Crippen molar-refractivity contribution in [3.8, 4) is 0 Å². The van der Waals surface area contributed by atoms with Crippen LogP contribution in [0.2, 0.25) is 0 Å². The molecular weight excluding hydrogens is 154 g/mol. The molecular formula is C5H11NO3S. The van der Waals surface area contributed by atoms with Crippen LogP contribution in [0, 0.1) is 5.92 Å². The van der Waals surface area contributed by atoms with Crippen LogP contribution in [0.5, 0.6) is 0 Å². The Hall–Kier alpha value is -0.420. The molecule has 4 nitrogen and oxygen atoms in total. The van der Waals surface area contributed by atoms with Crippen molar-refractivity contribution in [1.29, 1.82) is 0 Å². The molecule has 1 unspecified atom stereocenters.